The molecular weight excluding hydrogens is 162 g/mol. The van der Waals surface area contributed by atoms with Crippen molar-refractivity contribution in [3.05, 3.63) is 34.2 Å². The van der Waals surface area contributed by atoms with Crippen molar-refractivity contribution >= 4 is 5.97 Å². The van der Waals surface area contributed by atoms with Crippen molar-refractivity contribution in [1.29, 1.82) is 0 Å². The van der Waals surface area contributed by atoms with Crippen molar-refractivity contribution < 1.29 is 14.7 Å². The van der Waals surface area contributed by atoms with Gasteiger partial charge in [0.1, 0.15) is 0 Å². The van der Waals surface area contributed by atoms with Gasteiger partial charge in [-0.2, -0.15) is 4.73 Å². The van der Waals surface area contributed by atoms with Crippen LogP contribution in [0.5, 0.6) is 0 Å². The number of carbonyl (C=O) groups excluding carboxylic acids is 1. The van der Waals surface area contributed by atoms with Gasteiger partial charge in [0, 0.05) is 18.3 Å². The Morgan fingerprint density at radius 2 is 2.33 bits per heavy atom. The molecule has 1 aromatic rings. The van der Waals surface area contributed by atoms with Gasteiger partial charge in [0.15, 0.2) is 11.1 Å². The van der Waals surface area contributed by atoms with E-state index in [0.717, 1.165) is 18.3 Å². The van der Waals surface area contributed by atoms with Crippen molar-refractivity contribution in [2.45, 2.75) is 0 Å². The van der Waals surface area contributed by atoms with E-state index >= 15 is 0 Å². The lowest BCUT2D eigenvalue weighted by Crippen LogP contribution is -2.15. The van der Waals surface area contributed by atoms with Crippen LogP contribution in [0.3, 0.4) is 0 Å². The van der Waals surface area contributed by atoms with Gasteiger partial charge in [-0.05, 0) is 0 Å². The maximum absolute atomic E-state index is 10.8. The summed E-state index contributed by atoms with van der Waals surface area (Å²) in [4.78, 5) is 21.6. The summed E-state index contributed by atoms with van der Waals surface area (Å²) >= 11 is 0. The third-order valence-electron chi connectivity index (χ3n) is 1.30. The van der Waals surface area contributed by atoms with Crippen LogP contribution in [0.4, 0.5) is 0 Å². The van der Waals surface area contributed by atoms with Crippen LogP contribution in [0, 0.1) is 0 Å². The monoisotopic (exact) mass is 169 g/mol. The Morgan fingerprint density at radius 1 is 1.67 bits per heavy atom. The molecule has 0 saturated heterocycles. The summed E-state index contributed by atoms with van der Waals surface area (Å²) in [6.07, 6.45) is 1.08. The zero-order valence-corrected chi connectivity index (χ0v) is 6.35. The Bertz CT molecular complexity index is 355. The highest BCUT2D eigenvalue weighted by atomic mass is 16.5. The van der Waals surface area contributed by atoms with Crippen LogP contribution in [-0.4, -0.2) is 23.0 Å². The van der Waals surface area contributed by atoms with Crippen LogP contribution in [0.15, 0.2) is 23.1 Å². The molecule has 0 aliphatic heterocycles. The molecule has 12 heavy (non-hydrogen) atoms. The van der Waals surface area contributed by atoms with E-state index in [1.54, 1.807) is 0 Å². The van der Waals surface area contributed by atoms with Crippen LogP contribution in [0.2, 0.25) is 0 Å². The number of aromatic nitrogens is 1. The fourth-order valence-corrected chi connectivity index (χ4v) is 0.730. The normalized spacial score (nSPS) is 9.42. The zero-order chi connectivity index (χ0) is 9.14. The van der Waals surface area contributed by atoms with Crippen LogP contribution in [0.25, 0.3) is 0 Å². The lowest BCUT2D eigenvalue weighted by Gasteiger charge is -2.02. The van der Waals surface area contributed by atoms with Gasteiger partial charge < -0.3 is 9.94 Å². The molecule has 64 valence electrons. The van der Waals surface area contributed by atoms with Crippen molar-refractivity contribution in [1.82, 2.24) is 4.73 Å². The molecule has 5 heteroatoms. The Labute approximate surface area is 67.8 Å². The largest absolute Gasteiger partial charge is 0.464 e. The molecular formula is C7H7NO4. The Morgan fingerprint density at radius 3 is 2.92 bits per heavy atom. The number of carbonyl (C=O) groups is 1. The summed E-state index contributed by atoms with van der Waals surface area (Å²) in [5, 5.41) is 9.01. The Kier molecular flexibility index (Phi) is 2.14. The molecule has 0 amide bonds. The van der Waals surface area contributed by atoms with Crippen molar-refractivity contribution in [2.24, 2.45) is 0 Å². The second-order valence-corrected chi connectivity index (χ2v) is 2.08. The minimum absolute atomic E-state index is 0.190. The molecule has 0 radical (unpaired) electrons. The van der Waals surface area contributed by atoms with Gasteiger partial charge in [-0.3, -0.25) is 4.79 Å². The Balaban J connectivity index is 3.22. The van der Waals surface area contributed by atoms with E-state index in [2.05, 4.69) is 4.74 Å². The number of pyridine rings is 1. The molecule has 0 aliphatic rings. The molecule has 0 aromatic carbocycles. The highest BCUT2D eigenvalue weighted by Gasteiger charge is 2.09. The number of esters is 1. The quantitative estimate of drug-likeness (QED) is 0.469. The molecule has 1 heterocycles. The van der Waals surface area contributed by atoms with Crippen molar-refractivity contribution in [2.75, 3.05) is 7.11 Å². The first-order valence-corrected chi connectivity index (χ1v) is 3.15. The fraction of sp³-hybridized carbons (Fsp3) is 0.143. The lowest BCUT2D eigenvalue weighted by molar-refractivity contribution is 0.0544. The molecule has 0 bridgehead atoms. The van der Waals surface area contributed by atoms with Gasteiger partial charge in [0.25, 0.3) is 0 Å². The second-order valence-electron chi connectivity index (χ2n) is 2.08. The summed E-state index contributed by atoms with van der Waals surface area (Å²) < 4.78 is 4.85. The maximum atomic E-state index is 10.8. The molecule has 0 aliphatic carbocycles. The first kappa shape index (κ1) is 8.32. The average molecular weight is 169 g/mol. The predicted molar refractivity (Wildman–Crippen MR) is 39.2 cm³/mol. The Hall–Kier alpha value is -1.78. The SMILES string of the molecule is COC(=O)c1cc(=O)ccn1O. The number of rotatable bonds is 1. The molecule has 0 atom stereocenters. The summed E-state index contributed by atoms with van der Waals surface area (Å²) in [5.41, 5.74) is -0.550. The summed E-state index contributed by atoms with van der Waals surface area (Å²) in [6.45, 7) is 0. The average Bonchev–Trinajstić information content (AvgIpc) is 2.08. The highest BCUT2D eigenvalue weighted by Crippen LogP contribution is 1.95. The molecule has 5 nitrogen and oxygen atoms in total. The number of ether oxygens (including phenoxy) is 1. The summed E-state index contributed by atoms with van der Waals surface area (Å²) in [6, 6.07) is 2.12. The lowest BCUT2D eigenvalue weighted by atomic mass is 10.3. The van der Waals surface area contributed by atoms with Crippen molar-refractivity contribution in [3.63, 3.8) is 0 Å². The van der Waals surface area contributed by atoms with Crippen LogP contribution >= 0.6 is 0 Å². The second kappa shape index (κ2) is 3.08. The predicted octanol–water partition coefficient (Wildman–Crippen LogP) is -0.128. The van der Waals surface area contributed by atoms with Gasteiger partial charge in [-0.25, -0.2) is 4.79 Å². The van der Waals surface area contributed by atoms with E-state index in [4.69, 9.17) is 5.21 Å². The molecule has 0 saturated carbocycles. The van der Waals surface area contributed by atoms with E-state index in [-0.39, 0.29) is 11.1 Å². The summed E-state index contributed by atoms with van der Waals surface area (Å²) in [7, 11) is 1.17. The van der Waals surface area contributed by atoms with E-state index in [1.807, 2.05) is 0 Å². The standard InChI is InChI=1S/C7H7NO4/c1-12-7(10)6-4-5(9)2-3-8(6)11/h2-4,11H,1H3. The third-order valence-corrected chi connectivity index (χ3v) is 1.30. The topological polar surface area (TPSA) is 68.5 Å². The molecule has 0 fully saturated rings. The van der Waals surface area contributed by atoms with E-state index in [9.17, 15) is 9.59 Å². The van der Waals surface area contributed by atoms with Gasteiger partial charge in [-0.15, -0.1) is 0 Å². The van der Waals surface area contributed by atoms with Crippen LogP contribution < -0.4 is 5.43 Å². The third kappa shape index (κ3) is 1.45. The van der Waals surface area contributed by atoms with Crippen LogP contribution in [0.1, 0.15) is 10.5 Å². The van der Waals surface area contributed by atoms with Crippen molar-refractivity contribution in [3.8, 4) is 0 Å². The number of hydrogen-bond acceptors (Lipinski definition) is 4. The van der Waals surface area contributed by atoms with Gasteiger partial charge in [0.05, 0.1) is 7.11 Å². The molecule has 1 rings (SSSR count). The maximum Gasteiger partial charge on any atom is 0.358 e. The fourth-order valence-electron chi connectivity index (χ4n) is 0.730. The number of nitrogens with zero attached hydrogens (tertiary/aromatic N) is 1. The molecule has 1 N–H and O–H groups in total. The van der Waals surface area contributed by atoms with Gasteiger partial charge in [0.2, 0.25) is 0 Å². The summed E-state index contributed by atoms with van der Waals surface area (Å²) in [5.74, 6) is -0.754. The molecule has 1 aromatic heterocycles. The number of hydrogen-bond donors (Lipinski definition) is 1. The van der Waals surface area contributed by atoms with E-state index < -0.39 is 5.97 Å². The number of methoxy groups -OCH3 is 1. The van der Waals surface area contributed by atoms with E-state index in [0.29, 0.717) is 4.73 Å². The van der Waals surface area contributed by atoms with E-state index in [1.165, 1.54) is 7.11 Å². The zero-order valence-electron chi connectivity index (χ0n) is 6.35. The molecule has 0 spiro atoms. The van der Waals surface area contributed by atoms with Gasteiger partial charge >= 0.3 is 5.97 Å². The minimum atomic E-state index is -0.754. The van der Waals surface area contributed by atoms with Gasteiger partial charge in [-0.1, -0.05) is 0 Å². The minimum Gasteiger partial charge on any atom is -0.464 e. The van der Waals surface area contributed by atoms with Crippen LogP contribution in [-0.2, 0) is 4.74 Å². The molecule has 0 unspecified atom stereocenters. The highest BCUT2D eigenvalue weighted by molar-refractivity contribution is 5.87. The first-order valence-electron chi connectivity index (χ1n) is 3.15. The smallest absolute Gasteiger partial charge is 0.358 e. The first-order chi connectivity index (χ1) is 5.65.